The van der Waals surface area contributed by atoms with E-state index in [1.54, 1.807) is 0 Å². The number of hydrogen-bond donors (Lipinski definition) is 1. The SMILES string of the molecule is CC(C)n1nnnc1[C@H]1CCCN1. The van der Waals surface area contributed by atoms with Crippen molar-refractivity contribution in [2.75, 3.05) is 6.54 Å². The van der Waals surface area contributed by atoms with Crippen molar-refractivity contribution in [2.24, 2.45) is 0 Å². The van der Waals surface area contributed by atoms with Gasteiger partial charge in [-0.25, -0.2) is 4.68 Å². The van der Waals surface area contributed by atoms with Crippen molar-refractivity contribution in [3.05, 3.63) is 5.82 Å². The summed E-state index contributed by atoms with van der Waals surface area (Å²) >= 11 is 0. The summed E-state index contributed by atoms with van der Waals surface area (Å²) in [6, 6.07) is 0.699. The molecule has 2 rings (SSSR count). The Kier molecular flexibility index (Phi) is 2.26. The second kappa shape index (κ2) is 3.41. The fourth-order valence-electron chi connectivity index (χ4n) is 1.70. The number of tetrazole rings is 1. The fraction of sp³-hybridized carbons (Fsp3) is 0.875. The van der Waals surface area contributed by atoms with Crippen LogP contribution in [0, 0.1) is 0 Å². The van der Waals surface area contributed by atoms with Gasteiger partial charge in [-0.15, -0.1) is 5.10 Å². The van der Waals surface area contributed by atoms with E-state index in [9.17, 15) is 0 Å². The molecule has 0 radical (unpaired) electrons. The van der Waals surface area contributed by atoms with Crippen molar-refractivity contribution in [2.45, 2.75) is 38.8 Å². The standard InChI is InChI=1S/C8H15N5/c1-6(2)13-8(10-11-12-13)7-4-3-5-9-7/h6-7,9H,3-5H2,1-2H3/t7-/m1/s1. The normalized spacial score (nSPS) is 22.8. The van der Waals surface area contributed by atoms with Crippen LogP contribution in [0.2, 0.25) is 0 Å². The van der Waals surface area contributed by atoms with Crippen LogP contribution in [0.5, 0.6) is 0 Å². The van der Waals surface area contributed by atoms with Crippen LogP contribution in [0.15, 0.2) is 0 Å². The number of aromatic nitrogens is 4. The highest BCUT2D eigenvalue weighted by Gasteiger charge is 2.23. The van der Waals surface area contributed by atoms with Crippen LogP contribution in [-0.4, -0.2) is 26.8 Å². The van der Waals surface area contributed by atoms with Gasteiger partial charge < -0.3 is 5.32 Å². The quantitative estimate of drug-likeness (QED) is 0.729. The lowest BCUT2D eigenvalue weighted by Crippen LogP contribution is -2.19. The van der Waals surface area contributed by atoms with Crippen LogP contribution >= 0.6 is 0 Å². The lowest BCUT2D eigenvalue weighted by molar-refractivity contribution is 0.460. The van der Waals surface area contributed by atoms with Crippen LogP contribution in [-0.2, 0) is 0 Å². The van der Waals surface area contributed by atoms with Crippen molar-refractivity contribution < 1.29 is 0 Å². The average Bonchev–Trinajstić information content (AvgIpc) is 2.74. The van der Waals surface area contributed by atoms with Gasteiger partial charge in [-0.1, -0.05) is 0 Å². The summed E-state index contributed by atoms with van der Waals surface area (Å²) in [6.45, 7) is 5.26. The average molecular weight is 181 g/mol. The van der Waals surface area contributed by atoms with Gasteiger partial charge in [0.2, 0.25) is 0 Å². The van der Waals surface area contributed by atoms with Gasteiger partial charge in [0.15, 0.2) is 5.82 Å². The van der Waals surface area contributed by atoms with E-state index in [1.807, 2.05) is 4.68 Å². The zero-order chi connectivity index (χ0) is 9.26. The molecule has 13 heavy (non-hydrogen) atoms. The molecule has 0 bridgehead atoms. The first-order chi connectivity index (χ1) is 6.29. The molecule has 0 aliphatic carbocycles. The Morgan fingerprint density at radius 1 is 1.54 bits per heavy atom. The maximum atomic E-state index is 4.06. The molecule has 0 spiro atoms. The summed E-state index contributed by atoms with van der Waals surface area (Å²) in [5, 5.41) is 15.1. The first-order valence-electron chi connectivity index (χ1n) is 4.80. The van der Waals surface area contributed by atoms with Crippen molar-refractivity contribution in [3.8, 4) is 0 Å². The summed E-state index contributed by atoms with van der Waals surface area (Å²) in [6.07, 6.45) is 2.36. The van der Waals surface area contributed by atoms with Gasteiger partial charge in [0.25, 0.3) is 0 Å². The van der Waals surface area contributed by atoms with E-state index in [0.717, 1.165) is 18.8 Å². The Hall–Kier alpha value is -0.970. The van der Waals surface area contributed by atoms with E-state index < -0.39 is 0 Å². The number of hydrogen-bond acceptors (Lipinski definition) is 4. The highest BCUT2D eigenvalue weighted by atomic mass is 15.6. The highest BCUT2D eigenvalue weighted by Crippen LogP contribution is 2.21. The molecule has 5 heteroatoms. The molecule has 1 fully saturated rings. The minimum absolute atomic E-state index is 0.340. The predicted molar refractivity (Wildman–Crippen MR) is 48.2 cm³/mol. The molecule has 0 saturated carbocycles. The smallest absolute Gasteiger partial charge is 0.168 e. The maximum absolute atomic E-state index is 4.06. The van der Waals surface area contributed by atoms with E-state index in [-0.39, 0.29) is 0 Å². The summed E-state index contributed by atoms with van der Waals surface area (Å²) in [7, 11) is 0. The van der Waals surface area contributed by atoms with E-state index in [4.69, 9.17) is 0 Å². The largest absolute Gasteiger partial charge is 0.307 e. The molecule has 1 saturated heterocycles. The molecule has 1 aliphatic rings. The summed E-state index contributed by atoms with van der Waals surface area (Å²) < 4.78 is 1.89. The van der Waals surface area contributed by atoms with Crippen molar-refractivity contribution in [1.82, 2.24) is 25.5 Å². The van der Waals surface area contributed by atoms with Crippen LogP contribution < -0.4 is 5.32 Å². The zero-order valence-corrected chi connectivity index (χ0v) is 8.06. The maximum Gasteiger partial charge on any atom is 0.168 e. The molecule has 1 aliphatic heterocycles. The number of nitrogens with one attached hydrogen (secondary N) is 1. The summed E-state index contributed by atoms with van der Waals surface area (Å²) in [5.74, 6) is 0.979. The Balaban J connectivity index is 2.23. The predicted octanol–water partition coefficient (Wildman–Crippen LogP) is 0.678. The monoisotopic (exact) mass is 181 g/mol. The lowest BCUT2D eigenvalue weighted by Gasteiger charge is -2.12. The topological polar surface area (TPSA) is 55.6 Å². The molecule has 0 aromatic carbocycles. The summed E-state index contributed by atoms with van der Waals surface area (Å²) in [4.78, 5) is 0. The van der Waals surface area contributed by atoms with E-state index in [2.05, 4.69) is 34.7 Å². The number of rotatable bonds is 2. The molecule has 0 amide bonds. The molecule has 0 unspecified atom stereocenters. The molecule has 72 valence electrons. The second-order valence-electron chi connectivity index (χ2n) is 3.72. The van der Waals surface area contributed by atoms with Crippen LogP contribution in [0.3, 0.4) is 0 Å². The lowest BCUT2D eigenvalue weighted by atomic mass is 10.2. The van der Waals surface area contributed by atoms with Crippen LogP contribution in [0.4, 0.5) is 0 Å². The third kappa shape index (κ3) is 1.56. The van der Waals surface area contributed by atoms with E-state index in [0.29, 0.717) is 12.1 Å². The third-order valence-corrected chi connectivity index (χ3v) is 2.38. The Bertz CT molecular complexity index is 274. The molecule has 1 aromatic rings. The van der Waals surface area contributed by atoms with Crippen LogP contribution in [0.1, 0.15) is 44.6 Å². The van der Waals surface area contributed by atoms with Gasteiger partial charge >= 0.3 is 0 Å². The van der Waals surface area contributed by atoms with Crippen molar-refractivity contribution >= 4 is 0 Å². The molecule has 1 N–H and O–H groups in total. The first kappa shape index (κ1) is 8.62. The summed E-state index contributed by atoms with van der Waals surface area (Å²) in [5.41, 5.74) is 0. The fourth-order valence-corrected chi connectivity index (χ4v) is 1.70. The molecule has 1 aromatic heterocycles. The molecular formula is C8H15N5. The van der Waals surface area contributed by atoms with Crippen molar-refractivity contribution in [1.29, 1.82) is 0 Å². The van der Waals surface area contributed by atoms with Gasteiger partial charge in [0.1, 0.15) is 0 Å². The van der Waals surface area contributed by atoms with Gasteiger partial charge in [-0.05, 0) is 43.7 Å². The Morgan fingerprint density at radius 3 is 3.00 bits per heavy atom. The van der Waals surface area contributed by atoms with Gasteiger partial charge in [0.05, 0.1) is 12.1 Å². The Labute approximate surface area is 77.5 Å². The minimum Gasteiger partial charge on any atom is -0.307 e. The zero-order valence-electron chi connectivity index (χ0n) is 8.06. The molecule has 2 heterocycles. The minimum atomic E-state index is 0.340. The van der Waals surface area contributed by atoms with Crippen molar-refractivity contribution in [3.63, 3.8) is 0 Å². The second-order valence-corrected chi connectivity index (χ2v) is 3.72. The Morgan fingerprint density at radius 2 is 2.38 bits per heavy atom. The first-order valence-corrected chi connectivity index (χ1v) is 4.80. The third-order valence-electron chi connectivity index (χ3n) is 2.38. The number of nitrogens with zero attached hydrogens (tertiary/aromatic N) is 4. The van der Waals surface area contributed by atoms with Gasteiger partial charge in [0, 0.05) is 0 Å². The molecule has 1 atom stereocenters. The highest BCUT2D eigenvalue weighted by molar-refractivity contribution is 4.95. The van der Waals surface area contributed by atoms with E-state index >= 15 is 0 Å². The van der Waals surface area contributed by atoms with E-state index in [1.165, 1.54) is 6.42 Å². The molecular weight excluding hydrogens is 166 g/mol. The van der Waals surface area contributed by atoms with Gasteiger partial charge in [-0.3, -0.25) is 0 Å². The van der Waals surface area contributed by atoms with Gasteiger partial charge in [-0.2, -0.15) is 0 Å². The molecule has 5 nitrogen and oxygen atoms in total. The van der Waals surface area contributed by atoms with Crippen LogP contribution in [0.25, 0.3) is 0 Å².